The fourth-order valence-corrected chi connectivity index (χ4v) is 1.97. The summed E-state index contributed by atoms with van der Waals surface area (Å²) < 4.78 is 10.9. The summed E-state index contributed by atoms with van der Waals surface area (Å²) in [6, 6.07) is 5.87. The average molecular weight is 227 g/mol. The Morgan fingerprint density at radius 2 is 2.27 bits per heavy atom. The number of ether oxygens (including phenoxy) is 2. The molecular formula is C12H15ClO2. The largest absolute Gasteiger partial charge is 0.492 e. The van der Waals surface area contributed by atoms with E-state index in [2.05, 4.69) is 6.92 Å². The van der Waals surface area contributed by atoms with Gasteiger partial charge in [-0.1, -0.05) is 17.7 Å². The minimum atomic E-state index is -0.144. The highest BCUT2D eigenvalue weighted by atomic mass is 35.5. The first kappa shape index (κ1) is 10.8. The lowest BCUT2D eigenvalue weighted by Gasteiger charge is -2.39. The Kier molecular flexibility index (Phi) is 2.89. The van der Waals surface area contributed by atoms with Crippen molar-refractivity contribution in [3.05, 3.63) is 28.8 Å². The predicted molar refractivity (Wildman–Crippen MR) is 60.5 cm³/mol. The molecule has 82 valence electrons. The Labute approximate surface area is 95.1 Å². The number of hydrogen-bond donors (Lipinski definition) is 0. The number of hydrogen-bond acceptors (Lipinski definition) is 2. The molecule has 1 aromatic rings. The predicted octanol–water partition coefficient (Wildman–Crippen LogP) is 3.37. The molecule has 0 saturated carbocycles. The summed E-state index contributed by atoms with van der Waals surface area (Å²) in [5, 5.41) is 0.658. The maximum atomic E-state index is 6.11. The van der Waals surface area contributed by atoms with E-state index in [0.717, 1.165) is 24.3 Å². The SMILES string of the molecule is CCOc1ccc(C2(C)CCO2)cc1Cl. The van der Waals surface area contributed by atoms with Crippen LogP contribution in [0, 0.1) is 0 Å². The van der Waals surface area contributed by atoms with Gasteiger partial charge in [-0.15, -0.1) is 0 Å². The second-order valence-electron chi connectivity index (χ2n) is 3.91. The van der Waals surface area contributed by atoms with Crippen molar-refractivity contribution in [2.75, 3.05) is 13.2 Å². The molecule has 1 saturated heterocycles. The molecule has 0 aromatic heterocycles. The fraction of sp³-hybridized carbons (Fsp3) is 0.500. The monoisotopic (exact) mass is 226 g/mol. The second-order valence-corrected chi connectivity index (χ2v) is 4.31. The van der Waals surface area contributed by atoms with Crippen LogP contribution in [-0.2, 0) is 10.3 Å². The van der Waals surface area contributed by atoms with Gasteiger partial charge in [0.05, 0.1) is 23.8 Å². The van der Waals surface area contributed by atoms with Crippen molar-refractivity contribution in [1.82, 2.24) is 0 Å². The molecule has 0 bridgehead atoms. The topological polar surface area (TPSA) is 18.5 Å². The van der Waals surface area contributed by atoms with E-state index in [-0.39, 0.29) is 5.60 Å². The van der Waals surface area contributed by atoms with Gasteiger partial charge in [0.2, 0.25) is 0 Å². The highest BCUT2D eigenvalue weighted by Crippen LogP contribution is 2.39. The molecule has 2 nitrogen and oxygen atoms in total. The summed E-state index contributed by atoms with van der Waals surface area (Å²) in [5.74, 6) is 0.742. The molecule has 1 aromatic carbocycles. The fourth-order valence-electron chi connectivity index (χ4n) is 1.74. The summed E-state index contributed by atoms with van der Waals surface area (Å²) in [6.07, 6.45) is 1.05. The minimum Gasteiger partial charge on any atom is -0.492 e. The van der Waals surface area contributed by atoms with Gasteiger partial charge in [0, 0.05) is 6.42 Å². The van der Waals surface area contributed by atoms with Crippen molar-refractivity contribution in [2.24, 2.45) is 0 Å². The van der Waals surface area contributed by atoms with Crippen molar-refractivity contribution in [3.8, 4) is 5.75 Å². The Balaban J connectivity index is 2.25. The van der Waals surface area contributed by atoms with Gasteiger partial charge in [-0.05, 0) is 31.5 Å². The number of rotatable bonds is 3. The molecule has 1 atom stereocenters. The van der Waals surface area contributed by atoms with E-state index in [1.807, 2.05) is 25.1 Å². The number of halogens is 1. The lowest BCUT2D eigenvalue weighted by atomic mass is 9.88. The lowest BCUT2D eigenvalue weighted by molar-refractivity contribution is -0.140. The van der Waals surface area contributed by atoms with Crippen molar-refractivity contribution < 1.29 is 9.47 Å². The van der Waals surface area contributed by atoms with Gasteiger partial charge in [0.25, 0.3) is 0 Å². The van der Waals surface area contributed by atoms with E-state index in [1.165, 1.54) is 0 Å². The standard InChI is InChI=1S/C12H15ClO2/c1-3-14-11-5-4-9(8-10(11)13)12(2)6-7-15-12/h4-5,8H,3,6-7H2,1-2H3. The van der Waals surface area contributed by atoms with Crippen LogP contribution in [0.5, 0.6) is 5.75 Å². The summed E-state index contributed by atoms with van der Waals surface area (Å²) in [7, 11) is 0. The van der Waals surface area contributed by atoms with Crippen LogP contribution in [0.25, 0.3) is 0 Å². The first-order valence-corrected chi connectivity index (χ1v) is 5.60. The van der Waals surface area contributed by atoms with Crippen LogP contribution in [0.1, 0.15) is 25.8 Å². The molecule has 1 heterocycles. The summed E-state index contributed by atoms with van der Waals surface area (Å²) >= 11 is 6.11. The van der Waals surface area contributed by atoms with Gasteiger partial charge in [-0.25, -0.2) is 0 Å². The normalized spacial score (nSPS) is 24.7. The van der Waals surface area contributed by atoms with Gasteiger partial charge in [0.15, 0.2) is 0 Å². The molecule has 3 heteroatoms. The maximum Gasteiger partial charge on any atom is 0.137 e. The van der Waals surface area contributed by atoms with E-state index in [9.17, 15) is 0 Å². The van der Waals surface area contributed by atoms with E-state index in [0.29, 0.717) is 11.6 Å². The van der Waals surface area contributed by atoms with E-state index >= 15 is 0 Å². The summed E-state index contributed by atoms with van der Waals surface area (Å²) in [6.45, 7) is 5.50. The third-order valence-electron chi connectivity index (χ3n) is 2.84. The molecule has 1 aliphatic heterocycles. The van der Waals surface area contributed by atoms with Crippen LogP contribution >= 0.6 is 11.6 Å². The molecule has 1 aliphatic rings. The Morgan fingerprint density at radius 1 is 1.53 bits per heavy atom. The molecule has 1 unspecified atom stereocenters. The molecule has 0 N–H and O–H groups in total. The van der Waals surface area contributed by atoms with Gasteiger partial charge in [-0.2, -0.15) is 0 Å². The van der Waals surface area contributed by atoms with Crippen LogP contribution < -0.4 is 4.74 Å². The quantitative estimate of drug-likeness (QED) is 0.787. The zero-order valence-corrected chi connectivity index (χ0v) is 9.80. The van der Waals surface area contributed by atoms with Crippen molar-refractivity contribution in [3.63, 3.8) is 0 Å². The Bertz CT molecular complexity index is 359. The van der Waals surface area contributed by atoms with Gasteiger partial charge < -0.3 is 9.47 Å². The first-order valence-electron chi connectivity index (χ1n) is 5.22. The van der Waals surface area contributed by atoms with Gasteiger partial charge >= 0.3 is 0 Å². The lowest BCUT2D eigenvalue weighted by Crippen LogP contribution is -2.37. The van der Waals surface area contributed by atoms with E-state index < -0.39 is 0 Å². The smallest absolute Gasteiger partial charge is 0.137 e. The Hall–Kier alpha value is -0.730. The molecule has 0 aliphatic carbocycles. The maximum absolute atomic E-state index is 6.11. The molecule has 2 rings (SSSR count). The van der Waals surface area contributed by atoms with Crippen LogP contribution in [0.4, 0.5) is 0 Å². The van der Waals surface area contributed by atoms with E-state index in [1.54, 1.807) is 0 Å². The molecule has 0 spiro atoms. The molecular weight excluding hydrogens is 212 g/mol. The minimum absolute atomic E-state index is 0.144. The molecule has 0 amide bonds. The molecule has 1 fully saturated rings. The summed E-state index contributed by atoms with van der Waals surface area (Å²) in [4.78, 5) is 0. The Morgan fingerprint density at radius 3 is 2.73 bits per heavy atom. The summed E-state index contributed by atoms with van der Waals surface area (Å²) in [5.41, 5.74) is 0.983. The van der Waals surface area contributed by atoms with Gasteiger partial charge in [0.1, 0.15) is 5.75 Å². The highest BCUT2D eigenvalue weighted by Gasteiger charge is 2.35. The zero-order valence-electron chi connectivity index (χ0n) is 9.05. The second kappa shape index (κ2) is 4.03. The first-order chi connectivity index (χ1) is 7.15. The third-order valence-corrected chi connectivity index (χ3v) is 3.14. The number of benzene rings is 1. The van der Waals surface area contributed by atoms with Crippen LogP contribution in [-0.4, -0.2) is 13.2 Å². The van der Waals surface area contributed by atoms with E-state index in [4.69, 9.17) is 21.1 Å². The van der Waals surface area contributed by atoms with Crippen LogP contribution in [0.15, 0.2) is 18.2 Å². The van der Waals surface area contributed by atoms with Crippen LogP contribution in [0.2, 0.25) is 5.02 Å². The average Bonchev–Trinajstić information content (AvgIpc) is 2.18. The molecule has 0 radical (unpaired) electrons. The van der Waals surface area contributed by atoms with Crippen molar-refractivity contribution >= 4 is 11.6 Å². The molecule has 15 heavy (non-hydrogen) atoms. The van der Waals surface area contributed by atoms with Crippen molar-refractivity contribution in [1.29, 1.82) is 0 Å². The van der Waals surface area contributed by atoms with Gasteiger partial charge in [-0.3, -0.25) is 0 Å². The highest BCUT2D eigenvalue weighted by molar-refractivity contribution is 6.32. The van der Waals surface area contributed by atoms with Crippen molar-refractivity contribution in [2.45, 2.75) is 25.9 Å². The van der Waals surface area contributed by atoms with Crippen LogP contribution in [0.3, 0.4) is 0 Å². The third kappa shape index (κ3) is 1.97. The zero-order chi connectivity index (χ0) is 10.9.